The normalized spacial score (nSPS) is 17.0. The van der Waals surface area contributed by atoms with Gasteiger partial charge in [-0.1, -0.05) is 24.3 Å². The molecule has 1 unspecified atom stereocenters. The van der Waals surface area contributed by atoms with Gasteiger partial charge in [0.15, 0.2) is 5.78 Å². The van der Waals surface area contributed by atoms with E-state index in [4.69, 9.17) is 9.47 Å². The minimum Gasteiger partial charge on any atom is -0.508 e. The lowest BCUT2D eigenvalue weighted by molar-refractivity contribution is 0.0843. The van der Waals surface area contributed by atoms with Crippen molar-refractivity contribution < 1.29 is 29.6 Å². The Hall–Kier alpha value is -2.99. The predicted octanol–water partition coefficient (Wildman–Crippen LogP) is 3.29. The fourth-order valence-electron chi connectivity index (χ4n) is 3.11. The zero-order chi connectivity index (χ0) is 19.7. The number of rotatable bonds is 5. The molecule has 6 heteroatoms. The highest BCUT2D eigenvalue weighted by atomic mass is 16.5. The maximum atomic E-state index is 12.7. The Bertz CT molecular complexity index is 885. The zero-order valence-corrected chi connectivity index (χ0v) is 15.2. The van der Waals surface area contributed by atoms with Crippen molar-refractivity contribution in [1.82, 2.24) is 0 Å². The van der Waals surface area contributed by atoms with E-state index in [1.807, 2.05) is 0 Å². The summed E-state index contributed by atoms with van der Waals surface area (Å²) < 4.78 is 11.3. The molecule has 0 fully saturated rings. The van der Waals surface area contributed by atoms with Crippen LogP contribution in [-0.2, 0) is 6.42 Å². The van der Waals surface area contributed by atoms with Crippen molar-refractivity contribution in [3.8, 4) is 23.0 Å². The standard InChI is InChI=1S/C21H22O6/c1-11(2)15(23)8-14-18(26-3)10-19-20(21(14)25)16(24)9-17(27-19)12-4-6-13(22)7-5-12/h4-7,10,15,17,22-23,25H,1,8-9H2,2-3H3/t15?,17-/m0/s1. The molecule has 2 aromatic rings. The number of ketones is 1. The van der Waals surface area contributed by atoms with Crippen LogP contribution >= 0.6 is 0 Å². The Morgan fingerprint density at radius 1 is 1.33 bits per heavy atom. The van der Waals surface area contributed by atoms with Gasteiger partial charge in [-0.3, -0.25) is 4.79 Å². The molecular formula is C21H22O6. The molecule has 0 bridgehead atoms. The molecule has 0 aromatic heterocycles. The van der Waals surface area contributed by atoms with Crippen LogP contribution in [0.3, 0.4) is 0 Å². The maximum Gasteiger partial charge on any atom is 0.174 e. The number of methoxy groups -OCH3 is 1. The third-order valence-electron chi connectivity index (χ3n) is 4.70. The molecule has 2 atom stereocenters. The highest BCUT2D eigenvalue weighted by Crippen LogP contribution is 2.45. The minimum absolute atomic E-state index is 0.0557. The highest BCUT2D eigenvalue weighted by Gasteiger charge is 2.33. The average Bonchev–Trinajstić information content (AvgIpc) is 2.63. The Kier molecular flexibility index (Phi) is 5.10. The molecule has 3 N–H and O–H groups in total. The van der Waals surface area contributed by atoms with Crippen molar-refractivity contribution >= 4 is 5.78 Å². The van der Waals surface area contributed by atoms with Crippen LogP contribution in [0.25, 0.3) is 0 Å². The number of aliphatic hydroxyl groups excluding tert-OH is 1. The van der Waals surface area contributed by atoms with E-state index in [9.17, 15) is 20.1 Å². The second-order valence-corrected chi connectivity index (χ2v) is 6.67. The first kappa shape index (κ1) is 18.8. The summed E-state index contributed by atoms with van der Waals surface area (Å²) in [4.78, 5) is 12.7. The van der Waals surface area contributed by atoms with Crippen molar-refractivity contribution in [3.63, 3.8) is 0 Å². The second-order valence-electron chi connectivity index (χ2n) is 6.67. The summed E-state index contributed by atoms with van der Waals surface area (Å²) in [6.45, 7) is 5.39. The van der Waals surface area contributed by atoms with Crippen LogP contribution < -0.4 is 9.47 Å². The van der Waals surface area contributed by atoms with Gasteiger partial charge >= 0.3 is 0 Å². The Morgan fingerprint density at radius 3 is 2.59 bits per heavy atom. The number of carbonyl (C=O) groups excluding carboxylic acids is 1. The van der Waals surface area contributed by atoms with Crippen LogP contribution in [0.4, 0.5) is 0 Å². The molecule has 0 radical (unpaired) electrons. The van der Waals surface area contributed by atoms with Gasteiger partial charge < -0.3 is 24.8 Å². The van der Waals surface area contributed by atoms with Crippen molar-refractivity contribution in [1.29, 1.82) is 0 Å². The number of hydrogen-bond acceptors (Lipinski definition) is 6. The number of fused-ring (bicyclic) bond motifs is 1. The van der Waals surface area contributed by atoms with Gasteiger partial charge in [-0.2, -0.15) is 0 Å². The van der Waals surface area contributed by atoms with Gasteiger partial charge in [0.1, 0.15) is 34.7 Å². The van der Waals surface area contributed by atoms with Crippen LogP contribution in [0.1, 0.15) is 40.9 Å². The largest absolute Gasteiger partial charge is 0.508 e. The molecule has 0 saturated carbocycles. The summed E-state index contributed by atoms with van der Waals surface area (Å²) in [5.74, 6) is 0.179. The molecular weight excluding hydrogens is 348 g/mol. The Labute approximate surface area is 157 Å². The molecule has 1 heterocycles. The fraction of sp³-hybridized carbons (Fsp3) is 0.286. The molecule has 2 aromatic carbocycles. The second kappa shape index (κ2) is 7.32. The first-order valence-electron chi connectivity index (χ1n) is 8.56. The van der Waals surface area contributed by atoms with Gasteiger partial charge in [-0.05, 0) is 24.6 Å². The monoisotopic (exact) mass is 370 g/mol. The number of Topliss-reactive ketones (excluding diaryl/α,β-unsaturated/α-hetero) is 1. The lowest BCUT2D eigenvalue weighted by atomic mass is 9.91. The molecule has 0 saturated heterocycles. The van der Waals surface area contributed by atoms with E-state index in [2.05, 4.69) is 6.58 Å². The van der Waals surface area contributed by atoms with Gasteiger partial charge in [0.2, 0.25) is 0 Å². The number of ether oxygens (including phenoxy) is 2. The van der Waals surface area contributed by atoms with Crippen molar-refractivity contribution in [2.24, 2.45) is 0 Å². The topological polar surface area (TPSA) is 96.2 Å². The number of hydrogen-bond donors (Lipinski definition) is 3. The lowest BCUT2D eigenvalue weighted by Crippen LogP contribution is -2.21. The summed E-state index contributed by atoms with van der Waals surface area (Å²) in [6.07, 6.45) is -1.26. The van der Waals surface area contributed by atoms with Crippen LogP contribution in [0.15, 0.2) is 42.5 Å². The summed E-state index contributed by atoms with van der Waals surface area (Å²) >= 11 is 0. The van der Waals surface area contributed by atoms with Gasteiger partial charge in [0, 0.05) is 18.1 Å². The van der Waals surface area contributed by atoms with Gasteiger partial charge in [-0.15, -0.1) is 0 Å². The van der Waals surface area contributed by atoms with Crippen molar-refractivity contribution in [2.45, 2.75) is 32.0 Å². The molecule has 3 rings (SSSR count). The SMILES string of the molecule is C=C(C)C(O)Cc1c(OC)cc2c(c1O)C(=O)C[C@@H](c1ccc(O)cc1)O2. The number of aliphatic hydroxyl groups is 1. The third kappa shape index (κ3) is 3.61. The molecule has 142 valence electrons. The highest BCUT2D eigenvalue weighted by molar-refractivity contribution is 6.03. The number of carbonyl (C=O) groups is 1. The summed E-state index contributed by atoms with van der Waals surface area (Å²) in [5.41, 5.74) is 1.72. The number of aromatic hydroxyl groups is 2. The molecule has 1 aliphatic heterocycles. The number of phenolic OH excluding ortho intramolecular Hbond substituents is 2. The maximum absolute atomic E-state index is 12.7. The summed E-state index contributed by atoms with van der Waals surface area (Å²) in [7, 11) is 1.44. The van der Waals surface area contributed by atoms with E-state index in [1.165, 1.54) is 19.2 Å². The van der Waals surface area contributed by atoms with Crippen LogP contribution in [0, 0.1) is 0 Å². The molecule has 0 aliphatic carbocycles. The first-order valence-corrected chi connectivity index (χ1v) is 8.56. The van der Waals surface area contributed by atoms with Gasteiger partial charge in [0.05, 0.1) is 19.6 Å². The average molecular weight is 370 g/mol. The predicted molar refractivity (Wildman–Crippen MR) is 99.6 cm³/mol. The van der Waals surface area contributed by atoms with Gasteiger partial charge in [0.25, 0.3) is 0 Å². The summed E-state index contributed by atoms with van der Waals surface area (Å²) in [6, 6.07) is 7.98. The van der Waals surface area contributed by atoms with E-state index in [-0.39, 0.29) is 41.4 Å². The summed E-state index contributed by atoms with van der Waals surface area (Å²) in [5, 5.41) is 30.2. The van der Waals surface area contributed by atoms with Crippen molar-refractivity contribution in [2.75, 3.05) is 7.11 Å². The quantitative estimate of drug-likeness (QED) is 0.699. The Balaban J connectivity index is 2.01. The van der Waals surface area contributed by atoms with Crippen LogP contribution in [0.2, 0.25) is 0 Å². The van der Waals surface area contributed by atoms with E-state index in [1.54, 1.807) is 25.1 Å². The molecule has 6 nitrogen and oxygen atoms in total. The van der Waals surface area contributed by atoms with E-state index in [0.717, 1.165) is 5.56 Å². The van der Waals surface area contributed by atoms with Gasteiger partial charge in [-0.25, -0.2) is 0 Å². The zero-order valence-electron chi connectivity index (χ0n) is 15.2. The van der Waals surface area contributed by atoms with E-state index >= 15 is 0 Å². The molecule has 0 spiro atoms. The Morgan fingerprint density at radius 2 is 2.00 bits per heavy atom. The van der Waals surface area contributed by atoms with Crippen LogP contribution in [-0.4, -0.2) is 34.3 Å². The smallest absolute Gasteiger partial charge is 0.174 e. The number of phenols is 2. The molecule has 1 aliphatic rings. The third-order valence-corrected chi connectivity index (χ3v) is 4.70. The van der Waals surface area contributed by atoms with E-state index in [0.29, 0.717) is 16.9 Å². The molecule has 27 heavy (non-hydrogen) atoms. The fourth-order valence-corrected chi connectivity index (χ4v) is 3.11. The molecule has 0 amide bonds. The van der Waals surface area contributed by atoms with Crippen LogP contribution in [0.5, 0.6) is 23.0 Å². The minimum atomic E-state index is -0.868. The number of benzene rings is 2. The van der Waals surface area contributed by atoms with E-state index < -0.39 is 12.2 Å². The lowest BCUT2D eigenvalue weighted by Gasteiger charge is -2.28. The van der Waals surface area contributed by atoms with Crippen molar-refractivity contribution in [3.05, 3.63) is 59.2 Å². The first-order chi connectivity index (χ1) is 12.8.